The van der Waals surface area contributed by atoms with E-state index in [1.165, 1.54) is 0 Å². The molecule has 0 bridgehead atoms. The topological polar surface area (TPSA) is 40.5 Å². The van der Waals surface area contributed by atoms with Crippen LogP contribution in [0.5, 0.6) is 0 Å². The summed E-state index contributed by atoms with van der Waals surface area (Å²) in [5, 5.41) is 8.67. The van der Waals surface area contributed by atoms with Crippen LogP contribution in [0.15, 0.2) is 0 Å². The van der Waals surface area contributed by atoms with E-state index in [4.69, 9.17) is 28.3 Å². The summed E-state index contributed by atoms with van der Waals surface area (Å²) < 4.78 is 0. The van der Waals surface area contributed by atoms with Crippen molar-refractivity contribution in [1.29, 1.82) is 0 Å². The molecule has 1 saturated heterocycles. The lowest BCUT2D eigenvalue weighted by atomic mass is 10.2. The van der Waals surface area contributed by atoms with Gasteiger partial charge in [-0.25, -0.2) is 0 Å². The lowest BCUT2D eigenvalue weighted by Gasteiger charge is -2.21. The van der Waals surface area contributed by atoms with Gasteiger partial charge >= 0.3 is 5.97 Å². The molecule has 1 rings (SSSR count). The van der Waals surface area contributed by atoms with E-state index in [0.29, 0.717) is 13.0 Å². The number of hydrogen-bond acceptors (Lipinski definition) is 2. The first-order chi connectivity index (χ1) is 5.13. The normalized spacial score (nSPS) is 26.3. The molecule has 1 fully saturated rings. The number of carboxylic acid groups (broad SMARTS) is 1. The molecular weight excluding hydrogens is 189 g/mol. The molecule has 0 aliphatic carbocycles. The molecule has 64 valence electrons. The maximum Gasteiger partial charge on any atom is 0.320 e. The summed E-state index contributed by atoms with van der Waals surface area (Å²) >= 11 is 11.1. The Labute approximate surface area is 74.9 Å². The Balaban J connectivity index is 2.58. The molecule has 5 heteroatoms. The van der Waals surface area contributed by atoms with Gasteiger partial charge in [0, 0.05) is 6.54 Å². The zero-order valence-corrected chi connectivity index (χ0v) is 7.35. The van der Waals surface area contributed by atoms with Crippen LogP contribution in [0.2, 0.25) is 0 Å². The molecule has 0 unspecified atom stereocenters. The van der Waals surface area contributed by atoms with Crippen LogP contribution >= 0.6 is 23.2 Å². The predicted octanol–water partition coefficient (Wildman–Crippen LogP) is 1.30. The minimum atomic E-state index is -0.839. The van der Waals surface area contributed by atoms with Crippen molar-refractivity contribution in [2.45, 2.75) is 23.8 Å². The maximum absolute atomic E-state index is 10.6. The van der Waals surface area contributed by atoms with Gasteiger partial charge in [0.1, 0.15) is 6.04 Å². The van der Waals surface area contributed by atoms with E-state index in [9.17, 15) is 4.79 Å². The minimum absolute atomic E-state index is 0.491. The number of carbonyl (C=O) groups is 1. The fourth-order valence-corrected chi connectivity index (χ4v) is 1.76. The SMILES string of the molecule is O=C(O)[C@@H]1CCCN1C(Cl)Cl. The summed E-state index contributed by atoms with van der Waals surface area (Å²) in [5.41, 5.74) is 0. The zero-order chi connectivity index (χ0) is 8.43. The van der Waals surface area contributed by atoms with Crippen LogP contribution in [-0.4, -0.2) is 33.5 Å². The Morgan fingerprint density at radius 1 is 1.64 bits per heavy atom. The fraction of sp³-hybridized carbons (Fsp3) is 0.833. The fourth-order valence-electron chi connectivity index (χ4n) is 1.29. The van der Waals surface area contributed by atoms with Crippen molar-refractivity contribution >= 4 is 29.2 Å². The maximum atomic E-state index is 10.6. The molecule has 0 radical (unpaired) electrons. The van der Waals surface area contributed by atoms with E-state index < -0.39 is 17.0 Å². The molecule has 0 amide bonds. The molecule has 1 N–H and O–H groups in total. The Kier molecular flexibility index (Phi) is 2.98. The van der Waals surface area contributed by atoms with E-state index in [1.807, 2.05) is 0 Å². The number of hydrogen-bond donors (Lipinski definition) is 1. The van der Waals surface area contributed by atoms with Crippen molar-refractivity contribution in [3.8, 4) is 0 Å². The molecule has 11 heavy (non-hydrogen) atoms. The van der Waals surface area contributed by atoms with E-state index in [1.54, 1.807) is 4.90 Å². The number of aliphatic carboxylic acids is 1. The molecule has 1 aliphatic rings. The molecule has 3 nitrogen and oxygen atoms in total. The van der Waals surface area contributed by atoms with Crippen LogP contribution in [0.4, 0.5) is 0 Å². The number of likely N-dealkylation sites (tertiary alicyclic amines) is 1. The molecule has 1 aliphatic heterocycles. The van der Waals surface area contributed by atoms with Crippen LogP contribution in [0.25, 0.3) is 0 Å². The first-order valence-electron chi connectivity index (χ1n) is 3.39. The number of carboxylic acids is 1. The van der Waals surface area contributed by atoms with Gasteiger partial charge in [-0.3, -0.25) is 9.69 Å². The van der Waals surface area contributed by atoms with Crippen molar-refractivity contribution in [3.05, 3.63) is 0 Å². The number of alkyl halides is 2. The second-order valence-corrected chi connectivity index (χ2v) is 3.56. The van der Waals surface area contributed by atoms with E-state index in [0.717, 1.165) is 6.42 Å². The number of halogens is 2. The van der Waals surface area contributed by atoms with Crippen molar-refractivity contribution in [2.75, 3.05) is 6.54 Å². The van der Waals surface area contributed by atoms with Crippen molar-refractivity contribution in [3.63, 3.8) is 0 Å². The summed E-state index contributed by atoms with van der Waals surface area (Å²) in [5.74, 6) is -0.839. The standard InChI is InChI=1S/C6H9Cl2NO2/c7-6(8)9-3-1-2-4(9)5(10)11/h4,6H,1-3H2,(H,10,11)/t4-/m0/s1. The number of rotatable bonds is 2. The second kappa shape index (κ2) is 3.61. The highest BCUT2D eigenvalue weighted by molar-refractivity contribution is 6.44. The summed E-state index contributed by atoms with van der Waals surface area (Å²) in [6.07, 6.45) is 1.50. The van der Waals surface area contributed by atoms with E-state index >= 15 is 0 Å². The Hall–Kier alpha value is 0.01000. The van der Waals surface area contributed by atoms with Gasteiger partial charge in [0.15, 0.2) is 4.96 Å². The summed E-state index contributed by atoms with van der Waals surface area (Å²) in [6.45, 7) is 0.675. The quantitative estimate of drug-likeness (QED) is 0.536. The molecule has 0 saturated carbocycles. The summed E-state index contributed by atoms with van der Waals surface area (Å²) in [4.78, 5) is 11.4. The third kappa shape index (κ3) is 1.98. The molecule has 0 aromatic carbocycles. The highest BCUT2D eigenvalue weighted by atomic mass is 35.5. The zero-order valence-electron chi connectivity index (χ0n) is 5.83. The largest absolute Gasteiger partial charge is 0.480 e. The Morgan fingerprint density at radius 3 is 2.64 bits per heavy atom. The van der Waals surface area contributed by atoms with Gasteiger partial charge < -0.3 is 5.11 Å². The van der Waals surface area contributed by atoms with Crippen LogP contribution < -0.4 is 0 Å². The third-order valence-corrected chi connectivity index (χ3v) is 2.33. The lowest BCUT2D eigenvalue weighted by Crippen LogP contribution is -2.38. The average molecular weight is 198 g/mol. The van der Waals surface area contributed by atoms with Gasteiger partial charge in [0.05, 0.1) is 0 Å². The summed E-state index contributed by atoms with van der Waals surface area (Å²) in [6, 6.07) is -0.491. The lowest BCUT2D eigenvalue weighted by molar-refractivity contribution is -0.142. The molecule has 1 atom stereocenters. The van der Waals surface area contributed by atoms with Crippen LogP contribution in [0.3, 0.4) is 0 Å². The minimum Gasteiger partial charge on any atom is -0.480 e. The van der Waals surface area contributed by atoms with Gasteiger partial charge in [0.25, 0.3) is 0 Å². The number of nitrogens with zero attached hydrogens (tertiary/aromatic N) is 1. The average Bonchev–Trinajstić information content (AvgIpc) is 2.32. The summed E-state index contributed by atoms with van der Waals surface area (Å²) in [7, 11) is 0. The van der Waals surface area contributed by atoms with Crippen molar-refractivity contribution in [2.24, 2.45) is 0 Å². The van der Waals surface area contributed by atoms with Crippen molar-refractivity contribution < 1.29 is 9.90 Å². The third-order valence-electron chi connectivity index (χ3n) is 1.83. The van der Waals surface area contributed by atoms with Gasteiger partial charge in [-0.1, -0.05) is 23.2 Å². The molecule has 0 aromatic rings. The Morgan fingerprint density at radius 2 is 2.27 bits per heavy atom. The van der Waals surface area contributed by atoms with E-state index in [-0.39, 0.29) is 0 Å². The van der Waals surface area contributed by atoms with Gasteiger partial charge in [-0.15, -0.1) is 0 Å². The highest BCUT2D eigenvalue weighted by Crippen LogP contribution is 2.23. The Bertz CT molecular complexity index is 163. The van der Waals surface area contributed by atoms with Crippen molar-refractivity contribution in [1.82, 2.24) is 4.90 Å². The van der Waals surface area contributed by atoms with Crippen LogP contribution in [0.1, 0.15) is 12.8 Å². The molecular formula is C6H9Cl2NO2. The first-order valence-corrected chi connectivity index (χ1v) is 4.27. The molecule has 0 aromatic heterocycles. The predicted molar refractivity (Wildman–Crippen MR) is 42.9 cm³/mol. The second-order valence-electron chi connectivity index (χ2n) is 2.51. The first kappa shape index (κ1) is 9.10. The highest BCUT2D eigenvalue weighted by Gasteiger charge is 2.33. The monoisotopic (exact) mass is 197 g/mol. The molecule has 1 heterocycles. The van der Waals surface area contributed by atoms with Gasteiger partial charge in [-0.05, 0) is 12.8 Å². The smallest absolute Gasteiger partial charge is 0.320 e. The van der Waals surface area contributed by atoms with Gasteiger partial charge in [-0.2, -0.15) is 0 Å². The van der Waals surface area contributed by atoms with E-state index in [2.05, 4.69) is 0 Å². The molecule has 0 spiro atoms. The van der Waals surface area contributed by atoms with Crippen LogP contribution in [-0.2, 0) is 4.79 Å². The van der Waals surface area contributed by atoms with Gasteiger partial charge in [0.2, 0.25) is 0 Å². The van der Waals surface area contributed by atoms with Crippen LogP contribution in [0, 0.1) is 0 Å².